The maximum atomic E-state index is 6.30. The molecule has 0 radical (unpaired) electrons. The van der Waals surface area contributed by atoms with Gasteiger partial charge in [-0.15, -0.1) is 0 Å². The Morgan fingerprint density at radius 2 is 1.56 bits per heavy atom. The van der Waals surface area contributed by atoms with Crippen LogP contribution in [0.25, 0.3) is 0 Å². The Balaban J connectivity index is 4.21. The molecule has 0 spiro atoms. The van der Waals surface area contributed by atoms with Gasteiger partial charge in [0.15, 0.2) is 0 Å². The fourth-order valence-corrected chi connectivity index (χ4v) is 4.67. The van der Waals surface area contributed by atoms with E-state index in [2.05, 4.69) is 34.6 Å². The van der Waals surface area contributed by atoms with Crippen molar-refractivity contribution in [1.82, 2.24) is 0 Å². The maximum Gasteiger partial charge on any atom is 0.337 e. The molecule has 18 heavy (non-hydrogen) atoms. The van der Waals surface area contributed by atoms with Gasteiger partial charge in [-0.1, -0.05) is 53.9 Å². The zero-order chi connectivity index (χ0) is 13.9. The topological polar surface area (TPSA) is 18.5 Å². The molecule has 0 saturated carbocycles. The fraction of sp³-hybridized carbons (Fsp3) is 1.00. The second-order valence-corrected chi connectivity index (χ2v) is 9.01. The van der Waals surface area contributed by atoms with Crippen molar-refractivity contribution in [2.75, 3.05) is 13.2 Å². The van der Waals surface area contributed by atoms with E-state index in [0.29, 0.717) is 0 Å². The minimum Gasteiger partial charge on any atom is -0.394 e. The molecule has 3 heteroatoms. The van der Waals surface area contributed by atoms with Crippen LogP contribution in [0.3, 0.4) is 0 Å². The maximum absolute atomic E-state index is 6.30. The summed E-state index contributed by atoms with van der Waals surface area (Å²) in [6.07, 6.45) is 6.23. The van der Waals surface area contributed by atoms with Gasteiger partial charge >= 0.3 is 8.56 Å². The molecule has 0 aliphatic carbocycles. The molecule has 0 fully saturated rings. The van der Waals surface area contributed by atoms with Gasteiger partial charge < -0.3 is 8.85 Å². The van der Waals surface area contributed by atoms with Gasteiger partial charge in [0.1, 0.15) is 0 Å². The summed E-state index contributed by atoms with van der Waals surface area (Å²) in [5.74, 6) is 0.722. The van der Waals surface area contributed by atoms with E-state index < -0.39 is 8.56 Å². The number of unbranched alkanes of at least 4 members (excludes halogenated alkanes) is 1. The van der Waals surface area contributed by atoms with Gasteiger partial charge in [0.2, 0.25) is 0 Å². The van der Waals surface area contributed by atoms with E-state index in [1.54, 1.807) is 0 Å². The lowest BCUT2D eigenvalue weighted by Gasteiger charge is -2.30. The summed E-state index contributed by atoms with van der Waals surface area (Å²) < 4.78 is 12.4. The number of rotatable bonds is 12. The Hall–Kier alpha value is 0.137. The van der Waals surface area contributed by atoms with Crippen LogP contribution in [0, 0.1) is 5.92 Å². The molecule has 0 aliphatic heterocycles. The van der Waals surface area contributed by atoms with E-state index in [9.17, 15) is 0 Å². The van der Waals surface area contributed by atoms with Crippen LogP contribution in [-0.4, -0.2) is 21.8 Å². The highest BCUT2D eigenvalue weighted by Crippen LogP contribution is 2.22. The quantitative estimate of drug-likeness (QED) is 0.459. The highest BCUT2D eigenvalue weighted by molar-refractivity contribution is 6.67. The second kappa shape index (κ2) is 11.0. The minimum atomic E-state index is -1.88. The Bertz CT molecular complexity index is 181. The first-order chi connectivity index (χ1) is 8.67. The molecule has 0 aromatic rings. The van der Waals surface area contributed by atoms with E-state index in [1.807, 2.05) is 0 Å². The van der Waals surface area contributed by atoms with Crippen molar-refractivity contribution in [2.24, 2.45) is 5.92 Å². The van der Waals surface area contributed by atoms with Crippen molar-refractivity contribution in [3.63, 3.8) is 0 Å². The van der Waals surface area contributed by atoms with Crippen LogP contribution in [-0.2, 0) is 8.85 Å². The van der Waals surface area contributed by atoms with E-state index in [1.165, 1.54) is 25.7 Å². The minimum absolute atomic E-state index is 0.722. The molecular weight excluding hydrogens is 240 g/mol. The standard InChI is InChI=1S/C15H34O2Si/c1-6-11-12-15(8-3)14-17-18(9-4,10-5)16-13-7-2/h15H,6-14H2,1-5H3. The van der Waals surface area contributed by atoms with Crippen LogP contribution >= 0.6 is 0 Å². The van der Waals surface area contributed by atoms with Crippen LogP contribution < -0.4 is 0 Å². The molecule has 0 aromatic carbocycles. The second-order valence-electron chi connectivity index (χ2n) is 5.19. The summed E-state index contributed by atoms with van der Waals surface area (Å²) >= 11 is 0. The van der Waals surface area contributed by atoms with Crippen molar-refractivity contribution >= 4 is 8.56 Å². The molecule has 0 bridgehead atoms. The first-order valence-electron chi connectivity index (χ1n) is 7.95. The molecule has 0 saturated heterocycles. The Morgan fingerprint density at radius 3 is 2.00 bits per heavy atom. The lowest BCUT2D eigenvalue weighted by atomic mass is 10.0. The van der Waals surface area contributed by atoms with E-state index in [0.717, 1.165) is 37.6 Å². The van der Waals surface area contributed by atoms with Gasteiger partial charge in [-0.2, -0.15) is 0 Å². The smallest absolute Gasteiger partial charge is 0.337 e. The molecular formula is C15H34O2Si. The Labute approximate surface area is 116 Å². The first kappa shape index (κ1) is 18.1. The van der Waals surface area contributed by atoms with Gasteiger partial charge in [0, 0.05) is 13.2 Å². The van der Waals surface area contributed by atoms with Crippen LogP contribution in [0.2, 0.25) is 12.1 Å². The van der Waals surface area contributed by atoms with Crippen LogP contribution in [0.1, 0.15) is 66.7 Å². The summed E-state index contributed by atoms with van der Waals surface area (Å²) in [6.45, 7) is 12.9. The lowest BCUT2D eigenvalue weighted by Crippen LogP contribution is -2.42. The molecule has 0 aliphatic rings. The number of hydrogen-bond donors (Lipinski definition) is 0. The predicted octanol–water partition coefficient (Wildman–Crippen LogP) is 5.13. The third-order valence-corrected chi connectivity index (χ3v) is 7.35. The van der Waals surface area contributed by atoms with Gasteiger partial charge in [-0.25, -0.2) is 0 Å². The van der Waals surface area contributed by atoms with Crippen molar-refractivity contribution in [3.05, 3.63) is 0 Å². The molecule has 0 N–H and O–H groups in total. The van der Waals surface area contributed by atoms with Crippen molar-refractivity contribution in [2.45, 2.75) is 78.8 Å². The summed E-state index contributed by atoms with van der Waals surface area (Å²) in [6, 6.07) is 2.15. The molecule has 0 amide bonds. The molecule has 0 rings (SSSR count). The molecule has 1 atom stereocenters. The van der Waals surface area contributed by atoms with E-state index >= 15 is 0 Å². The average Bonchev–Trinajstić information content (AvgIpc) is 2.42. The summed E-state index contributed by atoms with van der Waals surface area (Å²) in [4.78, 5) is 0. The first-order valence-corrected chi connectivity index (χ1v) is 10.2. The zero-order valence-corrected chi connectivity index (χ0v) is 14.3. The Kier molecular flexibility index (Phi) is 11.1. The van der Waals surface area contributed by atoms with Crippen LogP contribution in [0.15, 0.2) is 0 Å². The lowest BCUT2D eigenvalue weighted by molar-refractivity contribution is 0.139. The Morgan fingerprint density at radius 1 is 0.889 bits per heavy atom. The van der Waals surface area contributed by atoms with E-state index in [-0.39, 0.29) is 0 Å². The molecule has 0 aromatic heterocycles. The zero-order valence-electron chi connectivity index (χ0n) is 13.3. The van der Waals surface area contributed by atoms with Crippen LogP contribution in [0.4, 0.5) is 0 Å². The molecule has 2 nitrogen and oxygen atoms in total. The highest BCUT2D eigenvalue weighted by atomic mass is 28.4. The summed E-state index contributed by atoms with van der Waals surface area (Å²) in [7, 11) is -1.88. The molecule has 0 heterocycles. The third-order valence-electron chi connectivity index (χ3n) is 3.77. The monoisotopic (exact) mass is 274 g/mol. The van der Waals surface area contributed by atoms with Crippen LogP contribution in [0.5, 0.6) is 0 Å². The highest BCUT2D eigenvalue weighted by Gasteiger charge is 2.33. The molecule has 1 unspecified atom stereocenters. The van der Waals surface area contributed by atoms with Gasteiger partial charge in [-0.3, -0.25) is 0 Å². The van der Waals surface area contributed by atoms with Gasteiger partial charge in [0.25, 0.3) is 0 Å². The summed E-state index contributed by atoms with van der Waals surface area (Å²) in [5.41, 5.74) is 0. The van der Waals surface area contributed by atoms with Crippen molar-refractivity contribution in [3.8, 4) is 0 Å². The average molecular weight is 275 g/mol. The fourth-order valence-electron chi connectivity index (χ4n) is 2.16. The number of hydrogen-bond acceptors (Lipinski definition) is 2. The summed E-state index contributed by atoms with van der Waals surface area (Å²) in [5, 5.41) is 0. The van der Waals surface area contributed by atoms with Gasteiger partial charge in [-0.05, 0) is 30.8 Å². The van der Waals surface area contributed by atoms with Crippen molar-refractivity contribution < 1.29 is 8.85 Å². The SMILES string of the molecule is CCCCC(CC)CO[Si](CC)(CC)OCCC. The normalized spacial score (nSPS) is 13.8. The largest absolute Gasteiger partial charge is 0.394 e. The predicted molar refractivity (Wildman–Crippen MR) is 82.2 cm³/mol. The van der Waals surface area contributed by atoms with Crippen molar-refractivity contribution in [1.29, 1.82) is 0 Å². The van der Waals surface area contributed by atoms with E-state index in [4.69, 9.17) is 8.85 Å². The van der Waals surface area contributed by atoms with Gasteiger partial charge in [0.05, 0.1) is 0 Å². The molecule has 110 valence electrons. The third kappa shape index (κ3) is 6.91.